The molecule has 11 rings (SSSR count). The fourth-order valence-electron chi connectivity index (χ4n) is 8.72. The van der Waals surface area contributed by atoms with E-state index in [0.29, 0.717) is 0 Å². The van der Waals surface area contributed by atoms with E-state index in [0.717, 1.165) is 27.9 Å². The summed E-state index contributed by atoms with van der Waals surface area (Å²) in [4.78, 5) is 2.43. The van der Waals surface area contributed by atoms with E-state index in [-0.39, 0.29) is 0 Å². The number of furan rings is 1. The summed E-state index contributed by atoms with van der Waals surface area (Å²) in [5.41, 5.74) is 10.6. The molecule has 0 unspecified atom stereocenters. The van der Waals surface area contributed by atoms with Crippen LogP contribution in [0.15, 0.2) is 168 Å². The molecule has 2 nitrogen and oxygen atoms in total. The van der Waals surface area contributed by atoms with Crippen molar-refractivity contribution in [2.45, 2.75) is 13.1 Å². The molecule has 0 spiro atoms. The van der Waals surface area contributed by atoms with Gasteiger partial charge in [-0.25, -0.2) is 0 Å². The zero-order valence-electron chi connectivity index (χ0n) is 28.9. The first-order chi connectivity index (χ1) is 25.5. The molecule has 2 aromatic heterocycles. The van der Waals surface area contributed by atoms with Crippen LogP contribution in [0.25, 0.3) is 75.1 Å². The molecule has 4 heteroatoms. The summed E-state index contributed by atoms with van der Waals surface area (Å²) < 4.78 is 9.13. The minimum Gasteiger partial charge on any atom is -0.455 e. The monoisotopic (exact) mass is 699 g/mol. The van der Waals surface area contributed by atoms with Gasteiger partial charge in [-0.3, -0.25) is 0 Å². The quantitative estimate of drug-likeness (QED) is 0.170. The molecule has 0 N–H and O–H groups in total. The van der Waals surface area contributed by atoms with Gasteiger partial charge in [-0.1, -0.05) is 122 Å². The molecule has 3 heterocycles. The van der Waals surface area contributed by atoms with Gasteiger partial charge in [0, 0.05) is 53.4 Å². The Morgan fingerprint density at radius 3 is 2.06 bits per heavy atom. The summed E-state index contributed by atoms with van der Waals surface area (Å²) >= 11 is 1.86. The van der Waals surface area contributed by atoms with Gasteiger partial charge in [0.15, 0.2) is 0 Å². The zero-order valence-corrected chi connectivity index (χ0v) is 30.7. The number of nitrogens with zero attached hydrogens (tertiary/aromatic N) is 1. The first kappa shape index (κ1) is 29.8. The maximum Gasteiger partial charge on any atom is 0.143 e. The second-order valence-corrected chi connectivity index (χ2v) is 19.9. The van der Waals surface area contributed by atoms with E-state index < -0.39 is 8.07 Å². The predicted molar refractivity (Wildman–Crippen MR) is 226 cm³/mol. The summed E-state index contributed by atoms with van der Waals surface area (Å²) in [7, 11) is -1.77. The second-order valence-electron chi connectivity index (χ2n) is 14.5. The van der Waals surface area contributed by atoms with Crippen LogP contribution in [0.5, 0.6) is 0 Å². The highest BCUT2D eigenvalue weighted by Crippen LogP contribution is 2.46. The molecule has 0 radical (unpaired) electrons. The third kappa shape index (κ3) is 4.29. The molecule has 0 bridgehead atoms. The lowest BCUT2D eigenvalue weighted by molar-refractivity contribution is 0.673. The van der Waals surface area contributed by atoms with Crippen molar-refractivity contribution in [3.8, 4) is 22.3 Å². The highest BCUT2D eigenvalue weighted by Gasteiger charge is 2.37. The molecular formula is C48H33NOSSi. The number of fused-ring (bicyclic) bond motifs is 12. The van der Waals surface area contributed by atoms with Crippen LogP contribution in [0, 0.1) is 0 Å². The van der Waals surface area contributed by atoms with Crippen molar-refractivity contribution in [2.75, 3.05) is 4.90 Å². The molecule has 0 aliphatic carbocycles. The molecule has 52 heavy (non-hydrogen) atoms. The van der Waals surface area contributed by atoms with Crippen molar-refractivity contribution in [3.63, 3.8) is 0 Å². The Morgan fingerprint density at radius 2 is 1.17 bits per heavy atom. The zero-order chi connectivity index (χ0) is 34.6. The molecule has 0 atom stereocenters. The average Bonchev–Trinajstić information content (AvgIpc) is 3.83. The van der Waals surface area contributed by atoms with Crippen molar-refractivity contribution in [2.24, 2.45) is 0 Å². The SMILES string of the molecule is C[Si]1(C)c2ccccc2-c2cc(N(c3ccc(-c4ccccc4)cc3)c3ccc4c(c3)sc3ccc5oc6c7ccccc7ccc6c5c34)ccc21. The lowest BCUT2D eigenvalue weighted by Gasteiger charge is -2.27. The van der Waals surface area contributed by atoms with Gasteiger partial charge in [0.1, 0.15) is 19.2 Å². The molecule has 0 fully saturated rings. The summed E-state index contributed by atoms with van der Waals surface area (Å²) in [6.07, 6.45) is 0. The van der Waals surface area contributed by atoms with Crippen LogP contribution in [0.2, 0.25) is 13.1 Å². The van der Waals surface area contributed by atoms with E-state index in [1.54, 1.807) is 0 Å². The minimum atomic E-state index is -1.77. The van der Waals surface area contributed by atoms with Crippen LogP contribution >= 0.6 is 11.3 Å². The summed E-state index contributed by atoms with van der Waals surface area (Å²) in [6, 6.07) is 60.2. The molecule has 0 amide bonds. The van der Waals surface area contributed by atoms with Crippen LogP contribution in [0.1, 0.15) is 0 Å². The van der Waals surface area contributed by atoms with E-state index in [1.165, 1.54) is 74.6 Å². The molecule has 1 aliphatic rings. The van der Waals surface area contributed by atoms with Gasteiger partial charge in [0.2, 0.25) is 0 Å². The van der Waals surface area contributed by atoms with Gasteiger partial charge in [-0.15, -0.1) is 11.3 Å². The van der Waals surface area contributed by atoms with Crippen molar-refractivity contribution >= 4 is 99.7 Å². The van der Waals surface area contributed by atoms with Gasteiger partial charge in [-0.2, -0.15) is 0 Å². The summed E-state index contributed by atoms with van der Waals surface area (Å²) in [6.45, 7) is 4.96. The Kier molecular flexibility index (Phi) is 6.31. The average molecular weight is 700 g/mol. The molecule has 0 saturated carbocycles. The Morgan fingerprint density at radius 1 is 0.481 bits per heavy atom. The molecule has 0 saturated heterocycles. The van der Waals surface area contributed by atoms with Crippen LogP contribution in [-0.4, -0.2) is 8.07 Å². The fraction of sp³-hybridized carbons (Fsp3) is 0.0417. The number of hydrogen-bond donors (Lipinski definition) is 0. The van der Waals surface area contributed by atoms with Gasteiger partial charge >= 0.3 is 0 Å². The molecule has 1 aliphatic heterocycles. The maximum absolute atomic E-state index is 6.59. The van der Waals surface area contributed by atoms with E-state index in [1.807, 2.05) is 11.3 Å². The van der Waals surface area contributed by atoms with Gasteiger partial charge in [-0.05, 0) is 92.6 Å². The Labute approximate surface area is 306 Å². The normalized spacial score (nSPS) is 13.3. The second kappa shape index (κ2) is 11.0. The third-order valence-electron chi connectivity index (χ3n) is 11.3. The van der Waals surface area contributed by atoms with E-state index >= 15 is 0 Å². The Bertz CT molecular complexity index is 3050. The van der Waals surface area contributed by atoms with Crippen molar-refractivity contribution in [1.82, 2.24) is 0 Å². The largest absolute Gasteiger partial charge is 0.455 e. The van der Waals surface area contributed by atoms with Gasteiger partial charge < -0.3 is 9.32 Å². The number of anilines is 3. The summed E-state index contributed by atoms with van der Waals surface area (Å²) in [5, 5.41) is 10.3. The Hall–Kier alpha value is -5.94. The van der Waals surface area contributed by atoms with E-state index in [2.05, 4.69) is 182 Å². The topological polar surface area (TPSA) is 16.4 Å². The van der Waals surface area contributed by atoms with Crippen LogP contribution in [-0.2, 0) is 0 Å². The van der Waals surface area contributed by atoms with Crippen LogP contribution in [0.3, 0.4) is 0 Å². The summed E-state index contributed by atoms with van der Waals surface area (Å²) in [5.74, 6) is 0. The van der Waals surface area contributed by atoms with E-state index in [4.69, 9.17) is 4.42 Å². The highest BCUT2D eigenvalue weighted by atomic mass is 32.1. The predicted octanol–water partition coefficient (Wildman–Crippen LogP) is 13.0. The molecule has 10 aromatic rings. The number of thiophene rings is 1. The lowest BCUT2D eigenvalue weighted by Crippen LogP contribution is -2.49. The van der Waals surface area contributed by atoms with E-state index in [9.17, 15) is 0 Å². The van der Waals surface area contributed by atoms with Crippen molar-refractivity contribution < 1.29 is 4.42 Å². The first-order valence-electron chi connectivity index (χ1n) is 17.9. The molecule has 246 valence electrons. The smallest absolute Gasteiger partial charge is 0.143 e. The number of rotatable bonds is 4. The van der Waals surface area contributed by atoms with Gasteiger partial charge in [0.05, 0.1) is 0 Å². The van der Waals surface area contributed by atoms with Gasteiger partial charge in [0.25, 0.3) is 0 Å². The number of benzene rings is 8. The van der Waals surface area contributed by atoms with Crippen molar-refractivity contribution in [3.05, 3.63) is 164 Å². The van der Waals surface area contributed by atoms with Crippen molar-refractivity contribution in [1.29, 1.82) is 0 Å². The maximum atomic E-state index is 6.59. The standard InChI is InChI=1S/C48H33NOSSi/c1-52(2)44-15-9-8-14-37(44)40-28-34(22-27-45(40)52)49(33-19-16-31(17-20-33)30-10-4-3-5-11-30)35-21-24-38-43(29-35)51-42-26-25-41-46(47(38)42)39-23-18-32-12-6-7-13-36(32)48(39)50-41/h3-29H,1-2H3. The fourth-order valence-corrected chi connectivity index (χ4v) is 12.9. The molecule has 8 aromatic carbocycles. The Balaban J connectivity index is 1.11. The molecular weight excluding hydrogens is 667 g/mol. The third-order valence-corrected chi connectivity index (χ3v) is 15.9. The minimum absolute atomic E-state index is 0.938. The van der Waals surface area contributed by atoms with Crippen LogP contribution < -0.4 is 15.3 Å². The lowest BCUT2D eigenvalue weighted by atomic mass is 10.0. The highest BCUT2D eigenvalue weighted by molar-refractivity contribution is 7.26. The van der Waals surface area contributed by atoms with Crippen LogP contribution in [0.4, 0.5) is 17.1 Å². The number of hydrogen-bond acceptors (Lipinski definition) is 3. The first-order valence-corrected chi connectivity index (χ1v) is 21.7.